The first kappa shape index (κ1) is 26.1. The molecule has 1 saturated carbocycles. The first-order valence-corrected chi connectivity index (χ1v) is 14.1. The van der Waals surface area contributed by atoms with Gasteiger partial charge < -0.3 is 24.6 Å². The minimum absolute atomic E-state index is 0.174. The average molecular weight is 553 g/mol. The van der Waals surface area contributed by atoms with E-state index in [0.717, 1.165) is 52.6 Å². The van der Waals surface area contributed by atoms with Crippen molar-refractivity contribution in [1.29, 1.82) is 0 Å². The summed E-state index contributed by atoms with van der Waals surface area (Å²) in [5, 5.41) is 13.7. The van der Waals surface area contributed by atoms with Crippen LogP contribution in [0.5, 0.6) is 5.75 Å². The van der Waals surface area contributed by atoms with Crippen LogP contribution in [0.15, 0.2) is 79.0 Å². The van der Waals surface area contributed by atoms with Gasteiger partial charge in [0.15, 0.2) is 5.11 Å². The summed E-state index contributed by atoms with van der Waals surface area (Å²) in [5.74, 6) is -0.0698. The summed E-state index contributed by atoms with van der Waals surface area (Å²) in [5.41, 5.74) is 6.05. The van der Waals surface area contributed by atoms with E-state index in [9.17, 15) is 9.90 Å². The van der Waals surface area contributed by atoms with E-state index < -0.39 is 5.97 Å². The standard InChI is InChI=1S/C32H32N4O3S/c1-20-18-27(21(2)35(20)24-9-7-8-22(19-24)31(37)38)30-29(28-12-5-6-17-33-28)34-32(40)36(30)23-13-15-26(16-14-23)39-25-10-3-4-11-25/h5-9,12-19,25,29-30H,3-4,10-11H2,1-2H3,(H,34,40)(H,37,38)/t29-,30+/m0/s1. The number of hydrogen-bond acceptors (Lipinski definition) is 4. The summed E-state index contributed by atoms with van der Waals surface area (Å²) in [6, 6.07) is 23.0. The topological polar surface area (TPSA) is 79.6 Å². The van der Waals surface area contributed by atoms with E-state index in [1.165, 1.54) is 12.8 Å². The van der Waals surface area contributed by atoms with Gasteiger partial charge in [-0.3, -0.25) is 4.98 Å². The van der Waals surface area contributed by atoms with E-state index in [1.807, 2.05) is 43.3 Å². The number of benzene rings is 2. The molecule has 6 rings (SSSR count). The third-order valence-electron chi connectivity index (χ3n) is 7.96. The Morgan fingerprint density at radius 2 is 1.77 bits per heavy atom. The van der Waals surface area contributed by atoms with Gasteiger partial charge in [-0.05, 0) is 118 Å². The predicted octanol–water partition coefficient (Wildman–Crippen LogP) is 6.69. The van der Waals surface area contributed by atoms with Gasteiger partial charge in [0, 0.05) is 29.0 Å². The van der Waals surface area contributed by atoms with Crippen molar-refractivity contribution < 1.29 is 14.6 Å². The second kappa shape index (κ2) is 10.8. The van der Waals surface area contributed by atoms with E-state index in [0.29, 0.717) is 11.2 Å². The molecule has 8 heteroatoms. The molecule has 1 aliphatic carbocycles. The molecule has 204 valence electrons. The quantitative estimate of drug-likeness (QED) is 0.247. The first-order valence-electron chi connectivity index (χ1n) is 13.7. The number of carbonyl (C=O) groups is 1. The van der Waals surface area contributed by atoms with Crippen molar-refractivity contribution in [1.82, 2.24) is 14.9 Å². The molecule has 0 radical (unpaired) electrons. The minimum atomic E-state index is -0.948. The molecule has 2 atom stereocenters. The van der Waals surface area contributed by atoms with Crippen molar-refractivity contribution in [3.8, 4) is 11.4 Å². The molecule has 0 unspecified atom stereocenters. The number of aromatic nitrogens is 2. The first-order chi connectivity index (χ1) is 19.4. The Bertz CT molecular complexity index is 1540. The predicted molar refractivity (Wildman–Crippen MR) is 159 cm³/mol. The molecule has 40 heavy (non-hydrogen) atoms. The van der Waals surface area contributed by atoms with Gasteiger partial charge in [0.2, 0.25) is 0 Å². The van der Waals surface area contributed by atoms with Gasteiger partial charge in [0.05, 0.1) is 29.4 Å². The third-order valence-corrected chi connectivity index (χ3v) is 8.27. The molecule has 0 amide bonds. The lowest BCUT2D eigenvalue weighted by Gasteiger charge is -2.28. The van der Waals surface area contributed by atoms with Crippen LogP contribution in [0.4, 0.5) is 5.69 Å². The summed E-state index contributed by atoms with van der Waals surface area (Å²) in [6.45, 7) is 4.11. The highest BCUT2D eigenvalue weighted by Gasteiger charge is 2.42. The fourth-order valence-corrected chi connectivity index (χ4v) is 6.44. The van der Waals surface area contributed by atoms with Crippen LogP contribution in [-0.2, 0) is 0 Å². The number of aromatic carboxylic acids is 1. The van der Waals surface area contributed by atoms with Crippen molar-refractivity contribution >= 4 is 29.0 Å². The molecule has 2 fully saturated rings. The lowest BCUT2D eigenvalue weighted by molar-refractivity contribution is 0.0697. The van der Waals surface area contributed by atoms with Crippen LogP contribution in [0, 0.1) is 13.8 Å². The zero-order valence-corrected chi connectivity index (χ0v) is 23.4. The number of anilines is 1. The van der Waals surface area contributed by atoms with Crippen molar-refractivity contribution in [2.45, 2.75) is 57.7 Å². The molecule has 7 nitrogen and oxygen atoms in total. The molecule has 4 aromatic rings. The van der Waals surface area contributed by atoms with Gasteiger partial charge in [-0.2, -0.15) is 0 Å². The van der Waals surface area contributed by atoms with Crippen molar-refractivity contribution in [3.63, 3.8) is 0 Å². The van der Waals surface area contributed by atoms with Gasteiger partial charge in [-0.15, -0.1) is 0 Å². The number of nitrogens with one attached hydrogen (secondary N) is 1. The molecule has 2 aromatic carbocycles. The number of hydrogen-bond donors (Lipinski definition) is 2. The van der Waals surface area contributed by atoms with Crippen LogP contribution in [0.2, 0.25) is 0 Å². The highest BCUT2D eigenvalue weighted by atomic mass is 32.1. The zero-order valence-electron chi connectivity index (χ0n) is 22.6. The maximum Gasteiger partial charge on any atom is 0.335 e. The highest BCUT2D eigenvalue weighted by Crippen LogP contribution is 2.44. The van der Waals surface area contributed by atoms with Gasteiger partial charge in [0.25, 0.3) is 0 Å². The van der Waals surface area contributed by atoms with Gasteiger partial charge in [0.1, 0.15) is 5.75 Å². The molecule has 0 bridgehead atoms. The number of aryl methyl sites for hydroxylation is 1. The number of carboxylic acid groups (broad SMARTS) is 1. The summed E-state index contributed by atoms with van der Waals surface area (Å²) in [4.78, 5) is 18.5. The molecule has 3 heterocycles. The Morgan fingerprint density at radius 1 is 1.00 bits per heavy atom. The van der Waals surface area contributed by atoms with E-state index in [4.69, 9.17) is 17.0 Å². The number of carboxylic acids is 1. The average Bonchev–Trinajstić information content (AvgIpc) is 3.67. The molecular weight excluding hydrogens is 520 g/mol. The molecular formula is C32H32N4O3S. The SMILES string of the molecule is Cc1cc([C@@H]2[C@H](c3ccccn3)NC(=S)N2c2ccc(OC3CCCC3)cc2)c(C)n1-c1cccc(C(=O)O)c1. The summed E-state index contributed by atoms with van der Waals surface area (Å²) in [7, 11) is 0. The number of pyridine rings is 1. The lowest BCUT2D eigenvalue weighted by atomic mass is 9.96. The van der Waals surface area contributed by atoms with E-state index in [2.05, 4.69) is 44.9 Å². The Morgan fingerprint density at radius 3 is 2.48 bits per heavy atom. The number of ether oxygens (including phenoxy) is 1. The summed E-state index contributed by atoms with van der Waals surface area (Å²) < 4.78 is 8.32. The van der Waals surface area contributed by atoms with E-state index >= 15 is 0 Å². The van der Waals surface area contributed by atoms with E-state index in [1.54, 1.807) is 24.4 Å². The van der Waals surface area contributed by atoms with Crippen LogP contribution >= 0.6 is 12.2 Å². The van der Waals surface area contributed by atoms with Gasteiger partial charge in [-0.1, -0.05) is 12.1 Å². The van der Waals surface area contributed by atoms with Crippen molar-refractivity contribution in [2.24, 2.45) is 0 Å². The Kier molecular flexibility index (Phi) is 7.02. The maximum atomic E-state index is 11.7. The van der Waals surface area contributed by atoms with E-state index in [-0.39, 0.29) is 17.6 Å². The number of rotatable bonds is 7. The molecule has 1 saturated heterocycles. The number of thiocarbonyl (C=S) groups is 1. The smallest absolute Gasteiger partial charge is 0.335 e. The second-order valence-corrected chi connectivity index (χ2v) is 10.9. The fraction of sp³-hybridized carbons (Fsp3) is 0.281. The van der Waals surface area contributed by atoms with Crippen LogP contribution < -0.4 is 15.0 Å². The van der Waals surface area contributed by atoms with Crippen LogP contribution in [0.1, 0.15) is 70.8 Å². The Hall–Kier alpha value is -4.17. The zero-order chi connectivity index (χ0) is 27.8. The summed E-state index contributed by atoms with van der Waals surface area (Å²) >= 11 is 5.93. The lowest BCUT2D eigenvalue weighted by Crippen LogP contribution is -2.29. The molecule has 2 aromatic heterocycles. The largest absolute Gasteiger partial charge is 0.490 e. The molecule has 2 N–H and O–H groups in total. The molecule has 1 aliphatic heterocycles. The van der Waals surface area contributed by atoms with Crippen LogP contribution in [0.25, 0.3) is 5.69 Å². The Balaban J connectivity index is 1.42. The molecule has 0 spiro atoms. The highest BCUT2D eigenvalue weighted by molar-refractivity contribution is 7.80. The normalized spacial score (nSPS) is 19.1. The fourth-order valence-electron chi connectivity index (χ4n) is 6.10. The number of nitrogens with zero attached hydrogens (tertiary/aromatic N) is 3. The van der Waals surface area contributed by atoms with Crippen molar-refractivity contribution in [3.05, 3.63) is 107 Å². The third kappa shape index (κ3) is 4.84. The molecule has 2 aliphatic rings. The van der Waals surface area contributed by atoms with Crippen molar-refractivity contribution in [2.75, 3.05) is 4.90 Å². The summed E-state index contributed by atoms with van der Waals surface area (Å²) in [6.07, 6.45) is 6.78. The second-order valence-electron chi connectivity index (χ2n) is 10.5. The minimum Gasteiger partial charge on any atom is -0.490 e. The van der Waals surface area contributed by atoms with Crippen LogP contribution in [0.3, 0.4) is 0 Å². The van der Waals surface area contributed by atoms with Crippen LogP contribution in [-0.4, -0.2) is 31.8 Å². The Labute approximate surface area is 239 Å². The monoisotopic (exact) mass is 552 g/mol. The van der Waals surface area contributed by atoms with Gasteiger partial charge >= 0.3 is 5.97 Å². The maximum absolute atomic E-state index is 11.7. The van der Waals surface area contributed by atoms with Gasteiger partial charge in [-0.25, -0.2) is 4.79 Å².